The summed E-state index contributed by atoms with van der Waals surface area (Å²) in [6, 6.07) is 58.6. The Balaban J connectivity index is 0.000000159. The average molecular weight is 858 g/mol. The van der Waals surface area contributed by atoms with E-state index in [0.29, 0.717) is 5.69 Å². The van der Waals surface area contributed by atoms with Crippen LogP contribution in [0.2, 0.25) is 0 Å². The molecule has 3 aromatic heterocycles. The monoisotopic (exact) mass is 858 g/mol. The Morgan fingerprint density at radius 2 is 1.12 bits per heavy atom. The van der Waals surface area contributed by atoms with Crippen molar-refractivity contribution < 1.29 is 20.1 Å². The molecule has 3 nitrogen and oxygen atoms in total. The zero-order valence-corrected chi connectivity index (χ0v) is 30.9. The topological polar surface area (TPSA) is 30.1 Å². The minimum Gasteiger partial charge on any atom is -0.304 e. The molecule has 52 heavy (non-hydrogen) atoms. The Morgan fingerprint density at radius 1 is 0.500 bits per heavy atom. The van der Waals surface area contributed by atoms with Crippen LogP contribution in [0.15, 0.2) is 164 Å². The fourth-order valence-electron chi connectivity index (χ4n) is 6.90. The van der Waals surface area contributed by atoms with E-state index in [1.807, 2.05) is 60.9 Å². The predicted octanol–water partition coefficient (Wildman–Crippen LogP) is 13.1. The Morgan fingerprint density at radius 3 is 1.92 bits per heavy atom. The van der Waals surface area contributed by atoms with Crippen LogP contribution in [0, 0.1) is 18.7 Å². The number of fused-ring (bicyclic) bond motifs is 6. The molecule has 0 N–H and O–H groups in total. The number of aromatic nitrogens is 2. The minimum atomic E-state index is 0. The molecule has 10 aromatic rings. The summed E-state index contributed by atoms with van der Waals surface area (Å²) < 4.78 is 2.47. The molecule has 0 aliphatic carbocycles. The van der Waals surface area contributed by atoms with Gasteiger partial charge in [0.15, 0.2) is 5.69 Å². The van der Waals surface area contributed by atoms with Crippen LogP contribution in [0.3, 0.4) is 0 Å². The summed E-state index contributed by atoms with van der Waals surface area (Å²) in [6.45, 7) is 7.30. The van der Waals surface area contributed by atoms with Gasteiger partial charge < -0.3 is 9.97 Å². The largest absolute Gasteiger partial charge is 0.304 e. The third kappa shape index (κ3) is 5.94. The molecule has 3 heterocycles. The van der Waals surface area contributed by atoms with Crippen molar-refractivity contribution in [1.29, 1.82) is 0 Å². The van der Waals surface area contributed by atoms with E-state index < -0.39 is 0 Å². The second-order valence-electron chi connectivity index (χ2n) is 12.2. The number of hydrogen-bond acceptors (Lipinski definition) is 3. The zero-order valence-electron chi connectivity index (χ0n) is 27.7. The van der Waals surface area contributed by atoms with Crippen molar-refractivity contribution in [3.05, 3.63) is 188 Å². The van der Waals surface area contributed by atoms with Gasteiger partial charge in [-0.2, -0.15) is 11.3 Å². The van der Waals surface area contributed by atoms with Gasteiger partial charge in [-0.25, -0.2) is 4.85 Å². The maximum absolute atomic E-state index is 7.30. The van der Waals surface area contributed by atoms with Gasteiger partial charge in [0.25, 0.3) is 0 Å². The molecule has 0 saturated carbocycles. The Hall–Kier alpha value is -6.02. The Labute approximate surface area is 319 Å². The van der Waals surface area contributed by atoms with Crippen molar-refractivity contribution >= 4 is 69.5 Å². The summed E-state index contributed by atoms with van der Waals surface area (Å²) in [6.07, 6.45) is 3.69. The quantitative estimate of drug-likeness (QED) is 0.166. The fraction of sp³-hybridized carbons (Fsp3) is 0. The van der Waals surface area contributed by atoms with E-state index >= 15 is 0 Å². The smallest absolute Gasteiger partial charge is 0.187 e. The molecule has 10 rings (SSSR count). The predicted molar refractivity (Wildman–Crippen MR) is 214 cm³/mol. The van der Waals surface area contributed by atoms with Crippen molar-refractivity contribution in [1.82, 2.24) is 9.97 Å². The van der Waals surface area contributed by atoms with Gasteiger partial charge in [-0.05, 0) is 72.3 Å². The summed E-state index contributed by atoms with van der Waals surface area (Å²) in [5.41, 5.74) is 7.10. The van der Waals surface area contributed by atoms with Crippen molar-refractivity contribution in [2.24, 2.45) is 0 Å². The molecule has 247 valence electrons. The number of thiophene rings is 1. The van der Waals surface area contributed by atoms with E-state index in [1.54, 1.807) is 11.3 Å². The summed E-state index contributed by atoms with van der Waals surface area (Å²) in [5.74, 6) is 0. The number of benzene rings is 7. The molecule has 1 radical (unpaired) electrons. The molecular formula is C47H27IrN3S-2. The molecule has 0 bridgehead atoms. The van der Waals surface area contributed by atoms with Crippen molar-refractivity contribution in [3.8, 4) is 33.6 Å². The van der Waals surface area contributed by atoms with Crippen LogP contribution in [0.25, 0.3) is 91.0 Å². The van der Waals surface area contributed by atoms with Crippen molar-refractivity contribution in [3.63, 3.8) is 0 Å². The molecule has 0 atom stereocenters. The minimum absolute atomic E-state index is 0. The number of pyridine rings is 2. The van der Waals surface area contributed by atoms with Gasteiger partial charge in [0, 0.05) is 37.2 Å². The van der Waals surface area contributed by atoms with Crippen LogP contribution in [-0.2, 0) is 20.1 Å². The van der Waals surface area contributed by atoms with E-state index in [4.69, 9.17) is 11.6 Å². The van der Waals surface area contributed by atoms with Crippen LogP contribution < -0.4 is 0 Å². The standard InChI is InChI=1S/C28H15N2S.C19H12N.Ir/c1-29-20-13-14-21-19(17-20)15-16-30-26(21)25-12-6-11-24-23-10-5-9-22(27(23)31-28(24)25)18-7-3-2-4-8-18;1-3-9-16-14(6-1)8-5-11-18(16)19-17-10-4-2-7-15(17)12-13-20-19;/h2-11,13-17H;1-10,12-13H;/q2*-1;. The summed E-state index contributed by atoms with van der Waals surface area (Å²) in [4.78, 5) is 12.9. The van der Waals surface area contributed by atoms with Crippen molar-refractivity contribution in [2.75, 3.05) is 0 Å². The van der Waals surface area contributed by atoms with Gasteiger partial charge in [-0.15, -0.1) is 52.9 Å². The van der Waals surface area contributed by atoms with Gasteiger partial charge in [-0.3, -0.25) is 0 Å². The molecule has 0 unspecified atom stereocenters. The Bertz CT molecular complexity index is 2860. The number of nitrogens with zero attached hydrogens (tertiary/aromatic N) is 3. The molecule has 0 amide bonds. The van der Waals surface area contributed by atoms with Crippen LogP contribution in [0.4, 0.5) is 5.69 Å². The second-order valence-corrected chi connectivity index (χ2v) is 13.3. The van der Waals surface area contributed by atoms with Gasteiger partial charge in [0.2, 0.25) is 0 Å². The van der Waals surface area contributed by atoms with Crippen LogP contribution >= 0.6 is 11.3 Å². The second kappa shape index (κ2) is 14.3. The normalized spacial score (nSPS) is 10.9. The molecule has 0 aliphatic rings. The first-order valence-corrected chi connectivity index (χ1v) is 17.5. The first kappa shape index (κ1) is 33.1. The molecular weight excluding hydrogens is 831 g/mol. The van der Waals surface area contributed by atoms with Gasteiger partial charge >= 0.3 is 0 Å². The maximum Gasteiger partial charge on any atom is 0.187 e. The molecule has 7 aromatic carbocycles. The molecule has 5 heteroatoms. The fourth-order valence-corrected chi connectivity index (χ4v) is 8.23. The van der Waals surface area contributed by atoms with E-state index in [9.17, 15) is 0 Å². The van der Waals surface area contributed by atoms with Crippen molar-refractivity contribution in [2.45, 2.75) is 0 Å². The number of hydrogen-bond donors (Lipinski definition) is 0. The van der Waals surface area contributed by atoms with Gasteiger partial charge in [0.1, 0.15) is 0 Å². The van der Waals surface area contributed by atoms with E-state index in [1.165, 1.54) is 52.8 Å². The van der Waals surface area contributed by atoms with Crippen LogP contribution in [0.5, 0.6) is 0 Å². The molecule has 0 saturated heterocycles. The molecule has 0 spiro atoms. The maximum atomic E-state index is 7.30. The first-order valence-electron chi connectivity index (χ1n) is 16.7. The van der Waals surface area contributed by atoms with Crippen LogP contribution in [-0.4, -0.2) is 9.97 Å². The summed E-state index contributed by atoms with van der Waals surface area (Å²) in [5, 5.41) is 9.33. The number of rotatable bonds is 3. The third-order valence-corrected chi connectivity index (χ3v) is 10.6. The molecule has 0 fully saturated rings. The van der Waals surface area contributed by atoms with E-state index in [-0.39, 0.29) is 20.1 Å². The first-order chi connectivity index (χ1) is 25.3. The van der Waals surface area contributed by atoms with Gasteiger partial charge in [-0.1, -0.05) is 120 Å². The van der Waals surface area contributed by atoms with E-state index in [2.05, 4.69) is 125 Å². The third-order valence-electron chi connectivity index (χ3n) is 9.29. The van der Waals surface area contributed by atoms with E-state index in [0.717, 1.165) is 33.3 Å². The van der Waals surface area contributed by atoms with Gasteiger partial charge in [0.05, 0.1) is 6.57 Å². The average Bonchev–Trinajstić information content (AvgIpc) is 3.60. The Kier molecular flexibility index (Phi) is 9.12. The summed E-state index contributed by atoms with van der Waals surface area (Å²) in [7, 11) is 0. The summed E-state index contributed by atoms with van der Waals surface area (Å²) >= 11 is 1.80. The zero-order chi connectivity index (χ0) is 34.1. The SMILES string of the molecule is [C-]#[N+]c1ccc2c(-c3[c-]ccc4c3sc3c(-c5ccccc5)cccc34)nccc2c1.[Ir].[c-]1ccc2ccccc2c1-c1nccc2ccccc12. The van der Waals surface area contributed by atoms with Crippen LogP contribution in [0.1, 0.15) is 0 Å². The molecule has 0 aliphatic heterocycles.